The molecule has 0 spiro atoms. The highest BCUT2D eigenvalue weighted by Crippen LogP contribution is 2.31. The lowest BCUT2D eigenvalue weighted by molar-refractivity contribution is -0.189. The predicted octanol–water partition coefficient (Wildman–Crippen LogP) is 1.42. The molecule has 1 aromatic carbocycles. The van der Waals surface area contributed by atoms with Gasteiger partial charge in [0, 0.05) is 44.5 Å². The largest absolute Gasteiger partial charge is 0.480 e. The van der Waals surface area contributed by atoms with Gasteiger partial charge in [-0.1, -0.05) is 0 Å². The molecule has 1 atom stereocenters. The first kappa shape index (κ1) is 24.7. The normalized spacial score (nSPS) is 17.1. The summed E-state index contributed by atoms with van der Waals surface area (Å²) in [6.45, 7) is 2.15. The van der Waals surface area contributed by atoms with Gasteiger partial charge in [0.05, 0.1) is 10.5 Å². The number of piperazine rings is 1. The number of sulfone groups is 1. The summed E-state index contributed by atoms with van der Waals surface area (Å²) in [5, 5.41) is 2.69. The molecular formula is C21H22F3N5O5S. The minimum atomic E-state index is -4.67. The average molecular weight is 513 g/mol. The predicted molar refractivity (Wildman–Crippen MR) is 117 cm³/mol. The molecule has 2 aliphatic heterocycles. The van der Waals surface area contributed by atoms with Crippen LogP contribution in [0.25, 0.3) is 0 Å². The molecular weight excluding hydrogens is 491 g/mol. The number of hydrogen-bond donors (Lipinski definition) is 1. The van der Waals surface area contributed by atoms with Crippen LogP contribution < -0.4 is 15.0 Å². The van der Waals surface area contributed by atoms with E-state index < -0.39 is 28.0 Å². The minimum absolute atomic E-state index is 0.191. The maximum Gasteiger partial charge on any atom is 0.425 e. The van der Waals surface area contributed by atoms with Gasteiger partial charge in [0.1, 0.15) is 23.6 Å². The summed E-state index contributed by atoms with van der Waals surface area (Å²) in [5.74, 6) is -0.719. The zero-order chi connectivity index (χ0) is 25.5. The molecule has 1 saturated heterocycles. The van der Waals surface area contributed by atoms with E-state index in [0.29, 0.717) is 36.7 Å². The van der Waals surface area contributed by atoms with Crippen molar-refractivity contribution < 1.29 is 35.9 Å². The van der Waals surface area contributed by atoms with E-state index in [2.05, 4.69) is 15.3 Å². The Morgan fingerprint density at radius 3 is 2.49 bits per heavy atom. The van der Waals surface area contributed by atoms with Gasteiger partial charge in [0.25, 0.3) is 11.8 Å². The molecule has 1 N–H and O–H groups in total. The van der Waals surface area contributed by atoms with Crippen LogP contribution >= 0.6 is 0 Å². The van der Waals surface area contributed by atoms with Crippen molar-refractivity contribution in [2.75, 3.05) is 37.3 Å². The third-order valence-corrected chi connectivity index (χ3v) is 6.91. The van der Waals surface area contributed by atoms with Gasteiger partial charge in [-0.25, -0.2) is 18.4 Å². The Labute approximate surface area is 199 Å². The van der Waals surface area contributed by atoms with Crippen LogP contribution in [0.2, 0.25) is 0 Å². The van der Waals surface area contributed by atoms with Crippen molar-refractivity contribution in [1.29, 1.82) is 0 Å². The van der Waals surface area contributed by atoms with Crippen LogP contribution in [-0.4, -0.2) is 79.8 Å². The van der Waals surface area contributed by atoms with Gasteiger partial charge in [-0.05, 0) is 25.1 Å². The van der Waals surface area contributed by atoms with Crippen LogP contribution in [0.5, 0.6) is 5.75 Å². The second-order valence-electron chi connectivity index (χ2n) is 8.22. The van der Waals surface area contributed by atoms with E-state index in [1.807, 2.05) is 4.90 Å². The fourth-order valence-corrected chi connectivity index (χ4v) is 4.49. The molecule has 3 heterocycles. The van der Waals surface area contributed by atoms with Gasteiger partial charge in [0.15, 0.2) is 15.9 Å². The molecule has 2 amide bonds. The average Bonchev–Trinajstić information content (AvgIpc) is 3.18. The molecule has 14 heteroatoms. The number of fused-ring (bicyclic) bond motifs is 1. The first-order chi connectivity index (χ1) is 16.4. The molecule has 4 rings (SSSR count). The number of anilines is 1. The van der Waals surface area contributed by atoms with Crippen molar-refractivity contribution in [3.63, 3.8) is 0 Å². The summed E-state index contributed by atoms with van der Waals surface area (Å²) in [4.78, 5) is 36.5. The van der Waals surface area contributed by atoms with Crippen LogP contribution in [0.3, 0.4) is 0 Å². The van der Waals surface area contributed by atoms with Crippen LogP contribution in [0.4, 0.5) is 19.0 Å². The van der Waals surface area contributed by atoms with Crippen LogP contribution in [0, 0.1) is 0 Å². The van der Waals surface area contributed by atoms with Crippen LogP contribution in [0.1, 0.15) is 33.3 Å². The van der Waals surface area contributed by atoms with Gasteiger partial charge >= 0.3 is 6.18 Å². The number of nitrogens with zero attached hydrogens (tertiary/aromatic N) is 4. The lowest BCUT2D eigenvalue weighted by atomic mass is 10.1. The lowest BCUT2D eigenvalue weighted by Crippen LogP contribution is -2.49. The first-order valence-electron chi connectivity index (χ1n) is 10.6. The van der Waals surface area contributed by atoms with Gasteiger partial charge in [0.2, 0.25) is 0 Å². The van der Waals surface area contributed by atoms with E-state index in [-0.39, 0.29) is 35.2 Å². The molecule has 1 fully saturated rings. The second kappa shape index (κ2) is 8.98. The Kier molecular flexibility index (Phi) is 6.34. The third kappa shape index (κ3) is 5.01. The number of aromatic nitrogens is 2. The number of carbonyl (C=O) groups excluding carboxylic acids is 2. The zero-order valence-corrected chi connectivity index (χ0v) is 19.6. The Bertz CT molecular complexity index is 1280. The first-order valence-corrected chi connectivity index (χ1v) is 12.5. The molecule has 0 unspecified atom stereocenters. The van der Waals surface area contributed by atoms with Gasteiger partial charge in [-0.2, -0.15) is 13.2 Å². The molecule has 188 valence electrons. The van der Waals surface area contributed by atoms with E-state index in [9.17, 15) is 31.2 Å². The third-order valence-electron chi connectivity index (χ3n) is 5.80. The maximum absolute atomic E-state index is 13.3. The van der Waals surface area contributed by atoms with Crippen molar-refractivity contribution in [2.45, 2.75) is 30.6 Å². The highest BCUT2D eigenvalue weighted by Gasteiger charge is 2.39. The minimum Gasteiger partial charge on any atom is -0.480 e. The number of benzene rings is 1. The standard InChI is InChI=1S/C21H22F3N5O5S/c1-12(21(22,23)24)34-16-4-3-13(35(2,32)33)9-14(16)20(31)29-7-5-28(6-8-29)18-15-10-25-19(30)17(15)26-11-27-18/h3-4,9,11-12H,5-8,10H2,1-2H3,(H,25,30)/t12-/m0/s1. The fourth-order valence-electron chi connectivity index (χ4n) is 3.84. The maximum atomic E-state index is 13.3. The summed E-state index contributed by atoms with van der Waals surface area (Å²) in [5.41, 5.74) is 0.692. The van der Waals surface area contributed by atoms with E-state index in [4.69, 9.17) is 4.74 Å². The van der Waals surface area contributed by atoms with Crippen LogP contribution in [-0.2, 0) is 16.4 Å². The molecule has 2 aromatic rings. The van der Waals surface area contributed by atoms with Crippen LogP contribution in [0.15, 0.2) is 29.4 Å². The lowest BCUT2D eigenvalue weighted by Gasteiger charge is -2.36. The van der Waals surface area contributed by atoms with Crippen molar-refractivity contribution >= 4 is 27.5 Å². The van der Waals surface area contributed by atoms with E-state index in [1.54, 1.807) is 0 Å². The van der Waals surface area contributed by atoms with Gasteiger partial charge < -0.3 is 19.9 Å². The number of amides is 2. The highest BCUT2D eigenvalue weighted by molar-refractivity contribution is 7.90. The van der Waals surface area contributed by atoms with Gasteiger partial charge in [-0.15, -0.1) is 0 Å². The molecule has 0 radical (unpaired) electrons. The summed E-state index contributed by atoms with van der Waals surface area (Å²) >= 11 is 0. The quantitative estimate of drug-likeness (QED) is 0.637. The van der Waals surface area contributed by atoms with E-state index >= 15 is 0 Å². The number of rotatable bonds is 5. The topological polar surface area (TPSA) is 122 Å². The summed E-state index contributed by atoms with van der Waals surface area (Å²) in [7, 11) is -3.72. The number of ether oxygens (including phenoxy) is 1. The second-order valence-corrected chi connectivity index (χ2v) is 10.2. The number of alkyl halides is 3. The van der Waals surface area contributed by atoms with E-state index in [0.717, 1.165) is 31.4 Å². The number of halogens is 3. The molecule has 10 nitrogen and oxygen atoms in total. The number of hydrogen-bond acceptors (Lipinski definition) is 8. The Balaban J connectivity index is 1.56. The molecule has 0 bridgehead atoms. The highest BCUT2D eigenvalue weighted by atomic mass is 32.2. The molecule has 35 heavy (non-hydrogen) atoms. The molecule has 0 aliphatic carbocycles. The Morgan fingerprint density at radius 2 is 1.86 bits per heavy atom. The summed E-state index contributed by atoms with van der Waals surface area (Å²) in [6.07, 6.45) is -4.64. The molecule has 1 aromatic heterocycles. The molecule has 2 aliphatic rings. The number of nitrogens with one attached hydrogen (secondary N) is 1. The van der Waals surface area contributed by atoms with Crippen molar-refractivity contribution in [3.8, 4) is 5.75 Å². The van der Waals surface area contributed by atoms with Crippen molar-refractivity contribution in [2.24, 2.45) is 0 Å². The zero-order valence-electron chi connectivity index (χ0n) is 18.8. The summed E-state index contributed by atoms with van der Waals surface area (Å²) < 4.78 is 68.2. The Morgan fingerprint density at radius 1 is 1.17 bits per heavy atom. The molecule has 0 saturated carbocycles. The monoisotopic (exact) mass is 513 g/mol. The van der Waals surface area contributed by atoms with Crippen molar-refractivity contribution in [1.82, 2.24) is 20.2 Å². The van der Waals surface area contributed by atoms with Gasteiger partial charge in [-0.3, -0.25) is 9.59 Å². The summed E-state index contributed by atoms with van der Waals surface area (Å²) in [6, 6.07) is 3.21. The fraction of sp³-hybridized carbons (Fsp3) is 0.429. The smallest absolute Gasteiger partial charge is 0.425 e. The Hall–Kier alpha value is -3.42. The number of carbonyl (C=O) groups is 2. The SMILES string of the molecule is C[C@H](Oc1ccc(S(C)(=O)=O)cc1C(=O)N1CCN(c2ncnc3c2CNC3=O)CC1)C(F)(F)F. The van der Waals surface area contributed by atoms with E-state index in [1.165, 1.54) is 11.2 Å². The van der Waals surface area contributed by atoms with Crippen molar-refractivity contribution in [3.05, 3.63) is 41.3 Å².